The smallest absolute Gasteiger partial charge is 0.410 e. The van der Waals surface area contributed by atoms with Crippen molar-refractivity contribution in [2.75, 3.05) is 13.2 Å². The van der Waals surface area contributed by atoms with Crippen LogP contribution in [0.15, 0.2) is 18.2 Å². The summed E-state index contributed by atoms with van der Waals surface area (Å²) in [6, 6.07) is 5.46. The van der Waals surface area contributed by atoms with Crippen molar-refractivity contribution in [3.05, 3.63) is 34.3 Å². The highest BCUT2D eigenvalue weighted by Crippen LogP contribution is 2.35. The summed E-state index contributed by atoms with van der Waals surface area (Å²) in [6.45, 7) is 8.20. The van der Waals surface area contributed by atoms with E-state index in [1.54, 1.807) is 11.8 Å². The molecule has 1 amide bonds. The minimum atomic E-state index is -0.566. The predicted molar refractivity (Wildman–Crippen MR) is 96.7 cm³/mol. The Balaban J connectivity index is 2.24. The Hall–Kier alpha value is -1.75. The van der Waals surface area contributed by atoms with Crippen molar-refractivity contribution in [2.45, 2.75) is 58.6 Å². The fourth-order valence-electron chi connectivity index (χ4n) is 3.02. The van der Waals surface area contributed by atoms with Gasteiger partial charge in [0.05, 0.1) is 12.6 Å². The van der Waals surface area contributed by atoms with Crippen LogP contribution in [0, 0.1) is 0 Å². The van der Waals surface area contributed by atoms with Crippen molar-refractivity contribution in [3.8, 4) is 0 Å². The van der Waals surface area contributed by atoms with Crippen molar-refractivity contribution < 1.29 is 19.1 Å². The van der Waals surface area contributed by atoms with Crippen LogP contribution >= 0.6 is 11.6 Å². The molecule has 25 heavy (non-hydrogen) atoms. The Labute approximate surface area is 154 Å². The summed E-state index contributed by atoms with van der Waals surface area (Å²) in [5.41, 5.74) is 1.57. The first-order chi connectivity index (χ1) is 11.7. The van der Waals surface area contributed by atoms with Gasteiger partial charge in [0.15, 0.2) is 0 Å². The first kappa shape index (κ1) is 19.6. The van der Waals surface area contributed by atoms with Crippen LogP contribution < -0.4 is 0 Å². The number of rotatable bonds is 4. The van der Waals surface area contributed by atoms with Crippen LogP contribution in [-0.2, 0) is 20.7 Å². The number of esters is 1. The topological polar surface area (TPSA) is 55.8 Å². The Morgan fingerprint density at radius 3 is 2.68 bits per heavy atom. The molecule has 2 rings (SSSR count). The van der Waals surface area contributed by atoms with Crippen molar-refractivity contribution in [1.82, 2.24) is 4.90 Å². The van der Waals surface area contributed by atoms with Gasteiger partial charge >= 0.3 is 12.1 Å². The van der Waals surface area contributed by atoms with Crippen LogP contribution in [-0.4, -0.2) is 35.7 Å². The largest absolute Gasteiger partial charge is 0.466 e. The van der Waals surface area contributed by atoms with Crippen LogP contribution in [0.3, 0.4) is 0 Å². The van der Waals surface area contributed by atoms with Crippen molar-refractivity contribution in [3.63, 3.8) is 0 Å². The van der Waals surface area contributed by atoms with E-state index >= 15 is 0 Å². The fraction of sp³-hybridized carbons (Fsp3) is 0.579. The summed E-state index contributed by atoms with van der Waals surface area (Å²) >= 11 is 6.10. The number of fused-ring (bicyclic) bond motifs is 1. The maximum Gasteiger partial charge on any atom is 0.410 e. The molecule has 0 unspecified atom stereocenters. The van der Waals surface area contributed by atoms with E-state index in [4.69, 9.17) is 21.1 Å². The monoisotopic (exact) mass is 367 g/mol. The SMILES string of the molecule is CCOC(=O)CC[C@H]1c2ccc(Cl)cc2CCN1C(=O)OC(C)(C)C. The second-order valence-corrected chi connectivity index (χ2v) is 7.56. The number of halogens is 1. The van der Waals surface area contributed by atoms with Crippen molar-refractivity contribution in [2.24, 2.45) is 0 Å². The summed E-state index contributed by atoms with van der Waals surface area (Å²) in [6.07, 6.45) is 1.10. The number of carbonyl (C=O) groups excluding carboxylic acids is 2. The first-order valence-electron chi connectivity index (χ1n) is 8.65. The Morgan fingerprint density at radius 2 is 2.04 bits per heavy atom. The van der Waals surface area contributed by atoms with Gasteiger partial charge in [-0.05, 0) is 63.8 Å². The molecule has 0 aromatic heterocycles. The number of hydrogen-bond donors (Lipinski definition) is 0. The molecule has 0 fully saturated rings. The number of nitrogens with zero attached hydrogens (tertiary/aromatic N) is 1. The van der Waals surface area contributed by atoms with Gasteiger partial charge in [-0.1, -0.05) is 17.7 Å². The molecule has 138 valence electrons. The van der Waals surface area contributed by atoms with E-state index in [1.165, 1.54) is 0 Å². The number of amides is 1. The van der Waals surface area contributed by atoms with Crippen LogP contribution in [0.25, 0.3) is 0 Å². The molecule has 1 aromatic carbocycles. The first-order valence-corrected chi connectivity index (χ1v) is 9.02. The van der Waals surface area contributed by atoms with Gasteiger partial charge in [-0.3, -0.25) is 4.79 Å². The van der Waals surface area contributed by atoms with Crippen LogP contribution in [0.1, 0.15) is 57.7 Å². The zero-order chi connectivity index (χ0) is 18.6. The molecule has 0 bridgehead atoms. The van der Waals surface area contributed by atoms with Gasteiger partial charge in [0.25, 0.3) is 0 Å². The van der Waals surface area contributed by atoms with Gasteiger partial charge in [0, 0.05) is 18.0 Å². The average Bonchev–Trinajstić information content (AvgIpc) is 2.50. The van der Waals surface area contributed by atoms with E-state index in [0.717, 1.165) is 11.1 Å². The lowest BCUT2D eigenvalue weighted by Crippen LogP contribution is -2.43. The average molecular weight is 368 g/mol. The predicted octanol–water partition coefficient (Wildman–Crippen LogP) is 4.52. The highest BCUT2D eigenvalue weighted by atomic mass is 35.5. The molecular formula is C19H26ClNO4. The number of hydrogen-bond acceptors (Lipinski definition) is 4. The molecule has 1 atom stereocenters. The molecule has 0 spiro atoms. The van der Waals surface area contributed by atoms with E-state index < -0.39 is 5.60 Å². The molecule has 0 N–H and O–H groups in total. The van der Waals surface area contributed by atoms with Gasteiger partial charge in [-0.2, -0.15) is 0 Å². The molecule has 1 aromatic rings. The molecule has 1 heterocycles. The second-order valence-electron chi connectivity index (χ2n) is 7.13. The van der Waals surface area contributed by atoms with Gasteiger partial charge in [-0.25, -0.2) is 4.79 Å². The maximum atomic E-state index is 12.6. The van der Waals surface area contributed by atoms with E-state index in [2.05, 4.69) is 0 Å². The van der Waals surface area contributed by atoms with Crippen molar-refractivity contribution >= 4 is 23.7 Å². The molecule has 5 nitrogen and oxygen atoms in total. The number of carbonyl (C=O) groups is 2. The minimum Gasteiger partial charge on any atom is -0.466 e. The van der Waals surface area contributed by atoms with Gasteiger partial charge in [-0.15, -0.1) is 0 Å². The van der Waals surface area contributed by atoms with E-state index in [9.17, 15) is 9.59 Å². The zero-order valence-corrected chi connectivity index (χ0v) is 16.1. The molecule has 0 radical (unpaired) electrons. The molecule has 0 aliphatic carbocycles. The third-order valence-electron chi connectivity index (χ3n) is 4.02. The summed E-state index contributed by atoms with van der Waals surface area (Å²) in [7, 11) is 0. The Morgan fingerprint density at radius 1 is 1.32 bits per heavy atom. The lowest BCUT2D eigenvalue weighted by atomic mass is 9.90. The normalized spacial score (nSPS) is 17.0. The highest BCUT2D eigenvalue weighted by molar-refractivity contribution is 6.30. The van der Waals surface area contributed by atoms with Crippen molar-refractivity contribution in [1.29, 1.82) is 0 Å². The standard InChI is InChI=1S/C19H26ClNO4/c1-5-24-17(22)9-8-16-15-7-6-14(20)12-13(15)10-11-21(16)18(23)25-19(2,3)4/h6-7,12,16H,5,8-11H2,1-4H3/t16-/m0/s1. The molecule has 6 heteroatoms. The maximum absolute atomic E-state index is 12.6. The van der Waals surface area contributed by atoms with Crippen LogP contribution in [0.5, 0.6) is 0 Å². The van der Waals surface area contributed by atoms with Crippen LogP contribution in [0.4, 0.5) is 4.79 Å². The Kier molecular flexibility index (Phi) is 6.33. The third kappa shape index (κ3) is 5.36. The summed E-state index contributed by atoms with van der Waals surface area (Å²) < 4.78 is 10.6. The lowest BCUT2D eigenvalue weighted by molar-refractivity contribution is -0.143. The number of benzene rings is 1. The Bertz CT molecular complexity index is 639. The zero-order valence-electron chi connectivity index (χ0n) is 15.3. The highest BCUT2D eigenvalue weighted by Gasteiger charge is 2.34. The van der Waals surface area contributed by atoms with E-state index in [1.807, 2.05) is 39.0 Å². The lowest BCUT2D eigenvalue weighted by Gasteiger charge is -2.38. The molecule has 0 saturated carbocycles. The summed E-state index contributed by atoms with van der Waals surface area (Å²) in [4.78, 5) is 26.1. The molecule has 1 aliphatic rings. The summed E-state index contributed by atoms with van der Waals surface area (Å²) in [5, 5.41) is 0.675. The van der Waals surface area contributed by atoms with Gasteiger partial charge in [0.1, 0.15) is 5.60 Å². The van der Waals surface area contributed by atoms with Gasteiger partial charge in [0.2, 0.25) is 0 Å². The minimum absolute atomic E-state index is 0.222. The quantitative estimate of drug-likeness (QED) is 0.734. The van der Waals surface area contributed by atoms with E-state index in [0.29, 0.717) is 31.0 Å². The molecule has 1 aliphatic heterocycles. The molecular weight excluding hydrogens is 342 g/mol. The summed E-state index contributed by atoms with van der Waals surface area (Å²) in [5.74, 6) is -0.257. The third-order valence-corrected chi connectivity index (χ3v) is 4.25. The second kappa shape index (κ2) is 8.09. The van der Waals surface area contributed by atoms with E-state index in [-0.39, 0.29) is 24.5 Å². The fourth-order valence-corrected chi connectivity index (χ4v) is 3.21. The van der Waals surface area contributed by atoms with Crippen LogP contribution in [0.2, 0.25) is 5.02 Å². The van der Waals surface area contributed by atoms with Gasteiger partial charge < -0.3 is 14.4 Å². The molecule has 0 saturated heterocycles. The number of ether oxygens (including phenoxy) is 2.